The van der Waals surface area contributed by atoms with Gasteiger partial charge in [0, 0.05) is 23.2 Å². The van der Waals surface area contributed by atoms with Crippen LogP contribution in [0.5, 0.6) is 0 Å². The summed E-state index contributed by atoms with van der Waals surface area (Å²) in [7, 11) is 0. The van der Waals surface area contributed by atoms with Crippen molar-refractivity contribution in [2.45, 2.75) is 12.3 Å². The van der Waals surface area contributed by atoms with Gasteiger partial charge in [-0.05, 0) is 18.2 Å². The first-order valence-electron chi connectivity index (χ1n) is 5.87. The second kappa shape index (κ2) is 7.44. The highest BCUT2D eigenvalue weighted by Gasteiger charge is 2.31. The van der Waals surface area contributed by atoms with Gasteiger partial charge in [-0.15, -0.1) is 12.4 Å². The average molecular weight is 390 g/mol. The summed E-state index contributed by atoms with van der Waals surface area (Å²) in [6, 6.07) is 3.25. The van der Waals surface area contributed by atoms with E-state index in [0.717, 1.165) is 12.1 Å². The Morgan fingerprint density at radius 3 is 2.67 bits per heavy atom. The fourth-order valence-electron chi connectivity index (χ4n) is 1.78. The Labute approximate surface area is 134 Å². The molecule has 21 heavy (non-hydrogen) atoms. The summed E-state index contributed by atoms with van der Waals surface area (Å²) in [5, 5.41) is 5.40. The number of amides is 1. The first-order chi connectivity index (χ1) is 9.36. The zero-order valence-electron chi connectivity index (χ0n) is 10.7. The number of nitrogens with one attached hydrogen (secondary N) is 2. The van der Waals surface area contributed by atoms with Gasteiger partial charge in [-0.25, -0.2) is 0 Å². The molecule has 0 radical (unpaired) electrons. The van der Waals surface area contributed by atoms with Gasteiger partial charge in [0.2, 0.25) is 0 Å². The van der Waals surface area contributed by atoms with Gasteiger partial charge in [-0.1, -0.05) is 15.9 Å². The highest BCUT2D eigenvalue weighted by atomic mass is 79.9. The van der Waals surface area contributed by atoms with Crippen molar-refractivity contribution >= 4 is 39.9 Å². The Hall–Kier alpha value is -0.830. The maximum Gasteiger partial charge on any atom is 0.416 e. The maximum atomic E-state index is 12.7. The highest BCUT2D eigenvalue weighted by molar-refractivity contribution is 9.10. The van der Waals surface area contributed by atoms with Gasteiger partial charge in [0.25, 0.3) is 5.91 Å². The van der Waals surface area contributed by atoms with Crippen molar-refractivity contribution in [1.29, 1.82) is 0 Å². The van der Waals surface area contributed by atoms with Crippen molar-refractivity contribution in [2.24, 2.45) is 0 Å². The molecule has 2 rings (SSSR count). The number of benzene rings is 1. The topological polar surface area (TPSA) is 50.4 Å². The molecule has 1 aromatic carbocycles. The van der Waals surface area contributed by atoms with E-state index < -0.39 is 23.8 Å². The molecule has 0 bridgehead atoms. The molecule has 0 spiro atoms. The van der Waals surface area contributed by atoms with Crippen LogP contribution in [0.1, 0.15) is 5.56 Å². The third-order valence-corrected chi connectivity index (χ3v) is 3.17. The number of anilines is 1. The van der Waals surface area contributed by atoms with E-state index in [1.165, 1.54) is 6.07 Å². The Morgan fingerprint density at radius 1 is 1.38 bits per heavy atom. The molecule has 1 aromatic rings. The lowest BCUT2D eigenvalue weighted by Crippen LogP contribution is -2.45. The van der Waals surface area contributed by atoms with Crippen LogP contribution in [0.25, 0.3) is 0 Å². The van der Waals surface area contributed by atoms with Gasteiger partial charge in [0.1, 0.15) is 6.10 Å². The van der Waals surface area contributed by atoms with Crippen LogP contribution in [0.3, 0.4) is 0 Å². The standard InChI is InChI=1S/C12H12BrF3N2O2.ClH/c13-8-3-7(12(14,15)16)4-9(5-8)18-11(19)10-6-17-1-2-20-10;/h3-5,10,17H,1-2,6H2,(H,18,19);1H. The van der Waals surface area contributed by atoms with Crippen molar-refractivity contribution in [1.82, 2.24) is 5.32 Å². The van der Waals surface area contributed by atoms with Crippen LogP contribution >= 0.6 is 28.3 Å². The molecular weight excluding hydrogens is 376 g/mol. The average Bonchev–Trinajstić information content (AvgIpc) is 2.38. The van der Waals surface area contributed by atoms with Gasteiger partial charge in [-0.3, -0.25) is 4.79 Å². The molecule has 0 aliphatic carbocycles. The molecule has 1 aliphatic heterocycles. The molecule has 1 aliphatic rings. The summed E-state index contributed by atoms with van der Waals surface area (Å²) >= 11 is 3.00. The van der Waals surface area contributed by atoms with Gasteiger partial charge in [0.05, 0.1) is 12.2 Å². The number of morpholine rings is 1. The number of rotatable bonds is 2. The van der Waals surface area contributed by atoms with E-state index in [1.54, 1.807) is 0 Å². The molecule has 1 heterocycles. The monoisotopic (exact) mass is 388 g/mol. The van der Waals surface area contributed by atoms with Crippen LogP contribution < -0.4 is 10.6 Å². The van der Waals surface area contributed by atoms with Crippen LogP contribution in [0.15, 0.2) is 22.7 Å². The van der Waals surface area contributed by atoms with E-state index in [9.17, 15) is 18.0 Å². The van der Waals surface area contributed by atoms with E-state index in [2.05, 4.69) is 26.6 Å². The molecule has 1 atom stereocenters. The Bertz CT molecular complexity index is 508. The van der Waals surface area contributed by atoms with E-state index >= 15 is 0 Å². The van der Waals surface area contributed by atoms with Crippen molar-refractivity contribution in [3.63, 3.8) is 0 Å². The molecule has 118 valence electrons. The number of alkyl halides is 3. The van der Waals surface area contributed by atoms with E-state index in [-0.39, 0.29) is 22.6 Å². The van der Waals surface area contributed by atoms with Crippen LogP contribution in [0.2, 0.25) is 0 Å². The minimum absolute atomic E-state index is 0. The number of carbonyl (C=O) groups is 1. The molecule has 0 aromatic heterocycles. The number of carbonyl (C=O) groups excluding carboxylic acids is 1. The Kier molecular flexibility index (Phi) is 6.45. The molecule has 1 fully saturated rings. The Balaban J connectivity index is 0.00000220. The summed E-state index contributed by atoms with van der Waals surface area (Å²) in [4.78, 5) is 11.9. The molecule has 1 saturated heterocycles. The normalized spacial score (nSPS) is 18.8. The molecule has 4 nitrogen and oxygen atoms in total. The maximum absolute atomic E-state index is 12.7. The van der Waals surface area contributed by atoms with Gasteiger partial charge < -0.3 is 15.4 Å². The first-order valence-corrected chi connectivity index (χ1v) is 6.66. The molecule has 9 heteroatoms. The lowest BCUT2D eigenvalue weighted by atomic mass is 10.2. The van der Waals surface area contributed by atoms with Crippen LogP contribution in [0, 0.1) is 0 Å². The number of halogens is 5. The predicted octanol–water partition coefficient (Wildman–Crippen LogP) is 2.82. The van der Waals surface area contributed by atoms with Crippen molar-refractivity contribution in [3.05, 3.63) is 28.2 Å². The minimum atomic E-state index is -4.47. The summed E-state index contributed by atoms with van der Waals surface area (Å²) < 4.78 is 43.5. The van der Waals surface area contributed by atoms with Crippen molar-refractivity contribution in [2.75, 3.05) is 25.0 Å². The number of ether oxygens (including phenoxy) is 1. The third-order valence-electron chi connectivity index (χ3n) is 2.71. The van der Waals surface area contributed by atoms with Crippen molar-refractivity contribution in [3.8, 4) is 0 Å². The first kappa shape index (κ1) is 18.2. The van der Waals surface area contributed by atoms with E-state index in [4.69, 9.17) is 4.74 Å². The van der Waals surface area contributed by atoms with E-state index in [0.29, 0.717) is 19.7 Å². The minimum Gasteiger partial charge on any atom is -0.366 e. The lowest BCUT2D eigenvalue weighted by molar-refractivity contribution is -0.137. The van der Waals surface area contributed by atoms with Crippen LogP contribution in [-0.2, 0) is 15.7 Å². The fraction of sp³-hybridized carbons (Fsp3) is 0.417. The summed E-state index contributed by atoms with van der Waals surface area (Å²) in [5.41, 5.74) is -0.754. The van der Waals surface area contributed by atoms with E-state index in [1.807, 2.05) is 0 Å². The summed E-state index contributed by atoms with van der Waals surface area (Å²) in [6.45, 7) is 1.38. The highest BCUT2D eigenvalue weighted by Crippen LogP contribution is 2.33. The quantitative estimate of drug-likeness (QED) is 0.818. The van der Waals surface area contributed by atoms with Crippen LogP contribution in [0.4, 0.5) is 18.9 Å². The van der Waals surface area contributed by atoms with Gasteiger partial charge in [0.15, 0.2) is 0 Å². The third kappa shape index (κ3) is 5.14. The smallest absolute Gasteiger partial charge is 0.366 e. The fourth-order valence-corrected chi connectivity index (χ4v) is 2.28. The van der Waals surface area contributed by atoms with Gasteiger partial charge >= 0.3 is 6.18 Å². The summed E-state index contributed by atoms with van der Waals surface area (Å²) in [6.07, 6.45) is -5.16. The second-order valence-electron chi connectivity index (χ2n) is 4.28. The number of hydrogen-bond donors (Lipinski definition) is 2. The SMILES string of the molecule is Cl.O=C(Nc1cc(Br)cc(C(F)(F)F)c1)C1CNCCO1. The largest absolute Gasteiger partial charge is 0.416 e. The molecule has 2 N–H and O–H groups in total. The second-order valence-corrected chi connectivity index (χ2v) is 5.19. The zero-order chi connectivity index (χ0) is 14.8. The zero-order valence-corrected chi connectivity index (χ0v) is 13.1. The van der Waals surface area contributed by atoms with Crippen molar-refractivity contribution < 1.29 is 22.7 Å². The molecule has 1 unspecified atom stereocenters. The summed E-state index contributed by atoms with van der Waals surface area (Å²) in [5.74, 6) is -0.469. The van der Waals surface area contributed by atoms with Crippen LogP contribution in [-0.4, -0.2) is 31.7 Å². The molecular formula is C12H13BrClF3N2O2. The molecule has 0 saturated carbocycles. The molecule has 1 amide bonds. The number of hydrogen-bond acceptors (Lipinski definition) is 3. The van der Waals surface area contributed by atoms with Gasteiger partial charge in [-0.2, -0.15) is 13.2 Å². The Morgan fingerprint density at radius 2 is 2.10 bits per heavy atom. The predicted molar refractivity (Wildman–Crippen MR) is 77.6 cm³/mol. The lowest BCUT2D eigenvalue weighted by Gasteiger charge is -2.23.